The van der Waals surface area contributed by atoms with Crippen LogP contribution < -0.4 is 4.74 Å². The molecule has 1 aromatic carbocycles. The largest absolute Gasteiger partial charge is 0.422 e. The Kier molecular flexibility index (Phi) is 4.77. The molecule has 4 nitrogen and oxygen atoms in total. The highest BCUT2D eigenvalue weighted by Gasteiger charge is 2.22. The van der Waals surface area contributed by atoms with Crippen LogP contribution in [0.25, 0.3) is 0 Å². The zero-order chi connectivity index (χ0) is 14.7. The van der Waals surface area contributed by atoms with E-state index in [0.29, 0.717) is 10.0 Å². The Bertz CT molecular complexity index is 643. The molecule has 20 heavy (non-hydrogen) atoms. The Morgan fingerprint density at radius 1 is 1.45 bits per heavy atom. The molecule has 1 unspecified atom stereocenters. The number of benzene rings is 1. The van der Waals surface area contributed by atoms with Crippen molar-refractivity contribution in [2.75, 3.05) is 0 Å². The Morgan fingerprint density at radius 2 is 2.20 bits per heavy atom. The number of ether oxygens (including phenoxy) is 1. The van der Waals surface area contributed by atoms with Crippen molar-refractivity contribution < 1.29 is 14.6 Å². The number of carbonyl (C=O) groups is 1. The van der Waals surface area contributed by atoms with Crippen molar-refractivity contribution in [3.63, 3.8) is 0 Å². The molecule has 1 N–H and O–H groups in total. The van der Waals surface area contributed by atoms with E-state index >= 15 is 0 Å². The maximum Gasteiger partial charge on any atom is 0.341 e. The molecule has 1 aromatic heterocycles. The third-order valence-corrected chi connectivity index (χ3v) is 3.73. The molecule has 2 rings (SSSR count). The number of rotatable bonds is 4. The van der Waals surface area contributed by atoms with Crippen molar-refractivity contribution >= 4 is 40.5 Å². The molecule has 0 aliphatic heterocycles. The number of esters is 1. The lowest BCUT2D eigenvalue weighted by atomic mass is 10.2. The Labute approximate surface area is 129 Å². The molecule has 0 amide bonds. The first-order chi connectivity index (χ1) is 9.49. The minimum atomic E-state index is -1.20. The lowest BCUT2D eigenvalue weighted by Crippen LogP contribution is -2.16. The van der Waals surface area contributed by atoms with Gasteiger partial charge in [-0.15, -0.1) is 11.3 Å². The summed E-state index contributed by atoms with van der Waals surface area (Å²) in [5.74, 6) is -0.634. The Balaban J connectivity index is 2.10. The van der Waals surface area contributed by atoms with Gasteiger partial charge in [-0.3, -0.25) is 0 Å². The second kappa shape index (κ2) is 6.37. The van der Waals surface area contributed by atoms with Gasteiger partial charge in [0.1, 0.15) is 16.9 Å². The number of carbonyl (C=O) groups excluding carboxylic acids is 1. The molecule has 0 spiro atoms. The van der Waals surface area contributed by atoms with Crippen LogP contribution in [-0.2, 0) is 4.79 Å². The molecule has 1 heterocycles. The highest BCUT2D eigenvalue weighted by Crippen LogP contribution is 2.29. The summed E-state index contributed by atoms with van der Waals surface area (Å²) in [5.41, 5.74) is -0.119. The van der Waals surface area contributed by atoms with Crippen molar-refractivity contribution in [2.45, 2.75) is 6.10 Å². The van der Waals surface area contributed by atoms with Crippen LogP contribution >= 0.6 is 34.5 Å². The smallest absolute Gasteiger partial charge is 0.341 e. The maximum atomic E-state index is 11.9. The van der Waals surface area contributed by atoms with E-state index in [1.807, 2.05) is 0 Å². The molecule has 0 aliphatic rings. The van der Waals surface area contributed by atoms with Gasteiger partial charge < -0.3 is 9.84 Å². The fourth-order valence-corrected chi connectivity index (χ4v) is 2.45. The molecule has 0 aliphatic carbocycles. The van der Waals surface area contributed by atoms with E-state index < -0.39 is 12.1 Å². The zero-order valence-electron chi connectivity index (χ0n) is 10.0. The minimum absolute atomic E-state index is 0.119. The lowest BCUT2D eigenvalue weighted by Gasteiger charge is -2.11. The summed E-state index contributed by atoms with van der Waals surface area (Å²) in [6, 6.07) is 4.45. The highest BCUT2D eigenvalue weighted by molar-refractivity contribution is 7.09. The summed E-state index contributed by atoms with van der Waals surface area (Å²) in [6.07, 6.45) is 0.325. The van der Waals surface area contributed by atoms with Gasteiger partial charge in [0.2, 0.25) is 0 Å². The van der Waals surface area contributed by atoms with Gasteiger partial charge in [0.05, 0.1) is 10.6 Å². The average molecular weight is 330 g/mol. The van der Waals surface area contributed by atoms with Crippen molar-refractivity contribution in [3.05, 3.63) is 57.0 Å². The summed E-state index contributed by atoms with van der Waals surface area (Å²) in [6.45, 7) is 3.53. The molecule has 0 fully saturated rings. The lowest BCUT2D eigenvalue weighted by molar-refractivity contribution is -0.131. The van der Waals surface area contributed by atoms with E-state index in [0.717, 1.165) is 0 Å². The quantitative estimate of drug-likeness (QED) is 0.528. The summed E-state index contributed by atoms with van der Waals surface area (Å²) in [4.78, 5) is 15.8. The van der Waals surface area contributed by atoms with Crippen LogP contribution in [0.1, 0.15) is 11.1 Å². The van der Waals surface area contributed by atoms with Crippen LogP contribution in [0, 0.1) is 0 Å². The second-order valence-corrected chi connectivity index (χ2v) is 5.53. The van der Waals surface area contributed by atoms with Gasteiger partial charge in [-0.1, -0.05) is 29.8 Å². The van der Waals surface area contributed by atoms with E-state index in [1.165, 1.54) is 35.7 Å². The van der Waals surface area contributed by atoms with Gasteiger partial charge in [0.15, 0.2) is 0 Å². The first-order valence-electron chi connectivity index (χ1n) is 5.42. The SMILES string of the molecule is C=C(C(=O)Oc1ccc(Cl)cc1Cl)C(O)c1nccs1. The van der Waals surface area contributed by atoms with Crippen LogP contribution in [0.4, 0.5) is 0 Å². The van der Waals surface area contributed by atoms with Crippen molar-refractivity contribution in [1.29, 1.82) is 0 Å². The molecular weight excluding hydrogens is 321 g/mol. The summed E-state index contributed by atoms with van der Waals surface area (Å²) >= 11 is 12.9. The van der Waals surface area contributed by atoms with Crippen LogP contribution in [0.2, 0.25) is 10.0 Å². The van der Waals surface area contributed by atoms with Gasteiger partial charge in [0.25, 0.3) is 0 Å². The van der Waals surface area contributed by atoms with E-state index in [1.54, 1.807) is 5.38 Å². The molecule has 0 radical (unpaired) electrons. The maximum absolute atomic E-state index is 11.9. The normalized spacial score (nSPS) is 11.9. The molecular formula is C13H9Cl2NO3S. The number of thiazole rings is 1. The van der Waals surface area contributed by atoms with Crippen molar-refractivity contribution in [3.8, 4) is 5.75 Å². The van der Waals surface area contributed by atoms with E-state index in [9.17, 15) is 9.90 Å². The van der Waals surface area contributed by atoms with E-state index in [4.69, 9.17) is 27.9 Å². The predicted octanol–water partition coefficient (Wildman–Crippen LogP) is 3.65. The average Bonchev–Trinajstić information content (AvgIpc) is 2.94. The highest BCUT2D eigenvalue weighted by atomic mass is 35.5. The molecule has 1 atom stereocenters. The van der Waals surface area contributed by atoms with E-state index in [-0.39, 0.29) is 16.3 Å². The molecule has 0 saturated carbocycles. The fourth-order valence-electron chi connectivity index (χ4n) is 1.35. The molecule has 0 saturated heterocycles. The minimum Gasteiger partial charge on any atom is -0.422 e. The van der Waals surface area contributed by atoms with Gasteiger partial charge in [-0.25, -0.2) is 9.78 Å². The standard InChI is InChI=1S/C13H9Cl2NO3S/c1-7(11(17)12-16-4-5-20-12)13(18)19-10-3-2-8(14)6-9(10)15/h2-6,11,17H,1H2. The number of nitrogens with zero attached hydrogens (tertiary/aromatic N) is 1. The number of aliphatic hydroxyl groups is 1. The molecule has 7 heteroatoms. The van der Waals surface area contributed by atoms with Crippen molar-refractivity contribution in [1.82, 2.24) is 4.98 Å². The molecule has 2 aromatic rings. The number of hydrogen-bond acceptors (Lipinski definition) is 5. The third kappa shape index (κ3) is 3.37. The number of halogens is 2. The monoisotopic (exact) mass is 329 g/mol. The zero-order valence-corrected chi connectivity index (χ0v) is 12.4. The van der Waals surface area contributed by atoms with Gasteiger partial charge in [0, 0.05) is 16.6 Å². The van der Waals surface area contributed by atoms with Crippen molar-refractivity contribution in [2.24, 2.45) is 0 Å². The summed E-state index contributed by atoms with van der Waals surface area (Å²) in [5, 5.41) is 12.6. The second-order valence-electron chi connectivity index (χ2n) is 3.76. The first kappa shape index (κ1) is 15.0. The first-order valence-corrected chi connectivity index (χ1v) is 7.06. The Hall–Kier alpha value is -1.40. The predicted molar refractivity (Wildman–Crippen MR) is 78.3 cm³/mol. The number of hydrogen-bond donors (Lipinski definition) is 1. The van der Waals surface area contributed by atoms with Crippen LogP contribution in [0.5, 0.6) is 5.75 Å². The third-order valence-electron chi connectivity index (χ3n) is 2.37. The topological polar surface area (TPSA) is 59.4 Å². The summed E-state index contributed by atoms with van der Waals surface area (Å²) in [7, 11) is 0. The van der Waals surface area contributed by atoms with Gasteiger partial charge in [-0.05, 0) is 18.2 Å². The fraction of sp³-hybridized carbons (Fsp3) is 0.0769. The van der Waals surface area contributed by atoms with Gasteiger partial charge >= 0.3 is 5.97 Å². The van der Waals surface area contributed by atoms with Crippen LogP contribution in [0.15, 0.2) is 41.9 Å². The number of aliphatic hydroxyl groups excluding tert-OH is 1. The van der Waals surface area contributed by atoms with Gasteiger partial charge in [-0.2, -0.15) is 0 Å². The van der Waals surface area contributed by atoms with E-state index in [2.05, 4.69) is 11.6 Å². The molecule has 104 valence electrons. The number of aromatic nitrogens is 1. The summed E-state index contributed by atoms with van der Waals surface area (Å²) < 4.78 is 5.07. The molecule has 0 bridgehead atoms. The van der Waals surface area contributed by atoms with Crippen LogP contribution in [0.3, 0.4) is 0 Å². The van der Waals surface area contributed by atoms with Crippen LogP contribution in [-0.4, -0.2) is 16.1 Å². The Morgan fingerprint density at radius 3 is 2.80 bits per heavy atom.